The topological polar surface area (TPSA) is 84.3 Å². The number of rotatable bonds is 3. The third-order valence-corrected chi connectivity index (χ3v) is 1.74. The molecule has 0 radical (unpaired) electrons. The van der Waals surface area contributed by atoms with E-state index in [-0.39, 0.29) is 13.2 Å². The molecule has 1 unspecified atom stereocenters. The number of anilines is 1. The molecule has 1 heterocycles. The first-order valence-electron chi connectivity index (χ1n) is 3.72. The Morgan fingerprint density at radius 3 is 2.83 bits per heavy atom. The van der Waals surface area contributed by atoms with Gasteiger partial charge >= 0.3 is 0 Å². The summed E-state index contributed by atoms with van der Waals surface area (Å²) in [7, 11) is 0. The lowest BCUT2D eigenvalue weighted by atomic mass is 10.3. The molecule has 1 aromatic rings. The van der Waals surface area contributed by atoms with Crippen molar-refractivity contribution in [3.8, 4) is 0 Å². The molecule has 1 atom stereocenters. The SMILES string of the molecule is Cc1c(N)cnn1CC(O)CO. The Kier molecular flexibility index (Phi) is 2.67. The highest BCUT2D eigenvalue weighted by Gasteiger charge is 2.07. The van der Waals surface area contributed by atoms with Crippen LogP contribution in [0.25, 0.3) is 0 Å². The van der Waals surface area contributed by atoms with Gasteiger partial charge in [0.25, 0.3) is 0 Å². The summed E-state index contributed by atoms with van der Waals surface area (Å²) < 4.78 is 1.57. The number of nitrogen functional groups attached to an aromatic ring is 1. The summed E-state index contributed by atoms with van der Waals surface area (Å²) >= 11 is 0. The molecule has 0 saturated heterocycles. The van der Waals surface area contributed by atoms with Crippen molar-refractivity contribution in [2.75, 3.05) is 12.3 Å². The van der Waals surface area contributed by atoms with E-state index in [4.69, 9.17) is 15.9 Å². The molecule has 0 aliphatic heterocycles. The molecule has 4 N–H and O–H groups in total. The van der Waals surface area contributed by atoms with Crippen LogP contribution in [0, 0.1) is 6.92 Å². The number of hydrogen-bond donors (Lipinski definition) is 3. The summed E-state index contributed by atoms with van der Waals surface area (Å²) in [5.74, 6) is 0. The van der Waals surface area contributed by atoms with E-state index in [1.807, 2.05) is 6.92 Å². The number of nitrogens with zero attached hydrogens (tertiary/aromatic N) is 2. The van der Waals surface area contributed by atoms with Crippen LogP contribution in [0.15, 0.2) is 6.20 Å². The van der Waals surface area contributed by atoms with Crippen molar-refractivity contribution < 1.29 is 10.2 Å². The van der Waals surface area contributed by atoms with Crippen LogP contribution >= 0.6 is 0 Å². The van der Waals surface area contributed by atoms with E-state index < -0.39 is 6.10 Å². The average Bonchev–Trinajstić information content (AvgIpc) is 2.36. The number of aliphatic hydroxyl groups is 2. The molecule has 0 aliphatic rings. The number of hydrogen-bond acceptors (Lipinski definition) is 4. The fourth-order valence-corrected chi connectivity index (χ4v) is 0.902. The Morgan fingerprint density at radius 2 is 2.42 bits per heavy atom. The second-order valence-corrected chi connectivity index (χ2v) is 2.70. The van der Waals surface area contributed by atoms with Crippen LogP contribution in [0.4, 0.5) is 5.69 Å². The van der Waals surface area contributed by atoms with E-state index in [9.17, 15) is 0 Å². The molecule has 12 heavy (non-hydrogen) atoms. The number of aliphatic hydroxyl groups excluding tert-OH is 2. The Balaban J connectivity index is 2.69. The maximum atomic E-state index is 9.09. The molecule has 68 valence electrons. The van der Waals surface area contributed by atoms with Crippen LogP contribution < -0.4 is 5.73 Å². The van der Waals surface area contributed by atoms with Crippen molar-refractivity contribution in [3.05, 3.63) is 11.9 Å². The lowest BCUT2D eigenvalue weighted by Crippen LogP contribution is -2.21. The monoisotopic (exact) mass is 171 g/mol. The Bertz CT molecular complexity index is 259. The average molecular weight is 171 g/mol. The van der Waals surface area contributed by atoms with Crippen molar-refractivity contribution in [1.82, 2.24) is 9.78 Å². The van der Waals surface area contributed by atoms with Gasteiger partial charge < -0.3 is 15.9 Å². The van der Waals surface area contributed by atoms with Crippen molar-refractivity contribution in [3.63, 3.8) is 0 Å². The van der Waals surface area contributed by atoms with Crippen LogP contribution in [0.2, 0.25) is 0 Å². The first kappa shape index (κ1) is 9.02. The van der Waals surface area contributed by atoms with Gasteiger partial charge in [-0.25, -0.2) is 0 Å². The van der Waals surface area contributed by atoms with E-state index in [0.717, 1.165) is 5.69 Å². The number of aromatic nitrogens is 2. The van der Waals surface area contributed by atoms with Crippen molar-refractivity contribution in [2.45, 2.75) is 19.6 Å². The second kappa shape index (κ2) is 3.55. The predicted molar refractivity (Wildman–Crippen MR) is 44.5 cm³/mol. The highest BCUT2D eigenvalue weighted by molar-refractivity contribution is 5.39. The second-order valence-electron chi connectivity index (χ2n) is 2.70. The zero-order chi connectivity index (χ0) is 9.14. The molecule has 0 amide bonds. The van der Waals surface area contributed by atoms with Crippen LogP contribution in [0.3, 0.4) is 0 Å². The maximum Gasteiger partial charge on any atom is 0.0966 e. The molecule has 0 fully saturated rings. The third-order valence-electron chi connectivity index (χ3n) is 1.74. The van der Waals surface area contributed by atoms with Gasteiger partial charge in [0.2, 0.25) is 0 Å². The van der Waals surface area contributed by atoms with E-state index in [2.05, 4.69) is 5.10 Å². The molecule has 5 nitrogen and oxygen atoms in total. The van der Waals surface area contributed by atoms with Gasteiger partial charge in [-0.3, -0.25) is 4.68 Å². The minimum atomic E-state index is -0.775. The zero-order valence-electron chi connectivity index (χ0n) is 6.94. The Hall–Kier alpha value is -1.07. The molecule has 0 aromatic carbocycles. The van der Waals surface area contributed by atoms with Gasteiger partial charge in [0.1, 0.15) is 0 Å². The van der Waals surface area contributed by atoms with Crippen molar-refractivity contribution >= 4 is 5.69 Å². The van der Waals surface area contributed by atoms with Gasteiger partial charge in [0.15, 0.2) is 0 Å². The van der Waals surface area contributed by atoms with E-state index in [0.29, 0.717) is 5.69 Å². The zero-order valence-corrected chi connectivity index (χ0v) is 6.94. The standard InChI is InChI=1S/C7H13N3O2/c1-5-7(8)2-9-10(5)3-6(12)4-11/h2,6,11-12H,3-4,8H2,1H3. The van der Waals surface area contributed by atoms with Gasteiger partial charge in [-0.05, 0) is 6.92 Å². The smallest absolute Gasteiger partial charge is 0.0966 e. The van der Waals surface area contributed by atoms with Crippen molar-refractivity contribution in [2.24, 2.45) is 0 Å². The third kappa shape index (κ3) is 1.75. The summed E-state index contributed by atoms with van der Waals surface area (Å²) in [6.45, 7) is 1.82. The molecule has 1 aromatic heterocycles. The highest BCUT2D eigenvalue weighted by Crippen LogP contribution is 2.08. The Labute approximate surface area is 70.4 Å². The van der Waals surface area contributed by atoms with Crippen LogP contribution in [0.1, 0.15) is 5.69 Å². The summed E-state index contributed by atoms with van der Waals surface area (Å²) in [6.07, 6.45) is 0.752. The minimum absolute atomic E-state index is 0.265. The molecule has 0 spiro atoms. The normalized spacial score (nSPS) is 13.2. The van der Waals surface area contributed by atoms with Crippen LogP contribution in [-0.2, 0) is 6.54 Å². The van der Waals surface area contributed by atoms with Gasteiger partial charge in [-0.1, -0.05) is 0 Å². The fourth-order valence-electron chi connectivity index (χ4n) is 0.902. The molecule has 1 rings (SSSR count). The van der Waals surface area contributed by atoms with Crippen molar-refractivity contribution in [1.29, 1.82) is 0 Å². The quantitative estimate of drug-likeness (QED) is 0.551. The van der Waals surface area contributed by atoms with Gasteiger partial charge in [0, 0.05) is 0 Å². The van der Waals surface area contributed by atoms with E-state index in [1.54, 1.807) is 4.68 Å². The van der Waals surface area contributed by atoms with Crippen LogP contribution in [-0.4, -0.2) is 32.7 Å². The van der Waals surface area contributed by atoms with E-state index in [1.165, 1.54) is 6.20 Å². The summed E-state index contributed by atoms with van der Waals surface area (Å²) in [5, 5.41) is 21.6. The lowest BCUT2D eigenvalue weighted by Gasteiger charge is -2.08. The molecular weight excluding hydrogens is 158 g/mol. The first-order chi connectivity index (χ1) is 5.65. The minimum Gasteiger partial charge on any atom is -0.396 e. The molecular formula is C7H13N3O2. The van der Waals surface area contributed by atoms with Gasteiger partial charge in [0.05, 0.1) is 36.8 Å². The van der Waals surface area contributed by atoms with Gasteiger partial charge in [-0.2, -0.15) is 5.10 Å². The molecule has 0 bridgehead atoms. The first-order valence-corrected chi connectivity index (χ1v) is 3.72. The predicted octanol–water partition coefficient (Wildman–Crippen LogP) is -0.873. The molecule has 5 heteroatoms. The van der Waals surface area contributed by atoms with Gasteiger partial charge in [-0.15, -0.1) is 0 Å². The number of nitrogens with two attached hydrogens (primary N) is 1. The Morgan fingerprint density at radius 1 is 1.75 bits per heavy atom. The molecule has 0 aliphatic carbocycles. The summed E-state index contributed by atoms with van der Waals surface area (Å²) in [6, 6.07) is 0. The largest absolute Gasteiger partial charge is 0.396 e. The fraction of sp³-hybridized carbons (Fsp3) is 0.571. The summed E-state index contributed by atoms with van der Waals surface area (Å²) in [5.41, 5.74) is 6.94. The maximum absolute atomic E-state index is 9.09. The van der Waals surface area contributed by atoms with E-state index >= 15 is 0 Å². The lowest BCUT2D eigenvalue weighted by molar-refractivity contribution is 0.0777. The highest BCUT2D eigenvalue weighted by atomic mass is 16.3. The summed E-state index contributed by atoms with van der Waals surface area (Å²) in [4.78, 5) is 0. The molecule has 0 saturated carbocycles. The van der Waals surface area contributed by atoms with Crippen LogP contribution in [0.5, 0.6) is 0 Å².